The maximum absolute atomic E-state index is 11.9. The summed E-state index contributed by atoms with van der Waals surface area (Å²) in [6.45, 7) is 3.64. The monoisotopic (exact) mass is 214 g/mol. The first kappa shape index (κ1) is 10.7. The van der Waals surface area contributed by atoms with Gasteiger partial charge in [-0.05, 0) is 18.9 Å². The van der Waals surface area contributed by atoms with Crippen molar-refractivity contribution in [3.05, 3.63) is 48.7 Å². The highest BCUT2D eigenvalue weighted by molar-refractivity contribution is 6.06. The van der Waals surface area contributed by atoms with Crippen LogP contribution in [-0.4, -0.2) is 5.78 Å². The number of carbonyl (C=O) groups is 1. The number of furan rings is 1. The first-order valence-corrected chi connectivity index (χ1v) is 5.43. The van der Waals surface area contributed by atoms with Crippen molar-refractivity contribution in [3.63, 3.8) is 0 Å². The molecule has 0 aliphatic rings. The Morgan fingerprint density at radius 2 is 2.19 bits per heavy atom. The van der Waals surface area contributed by atoms with Crippen LogP contribution >= 0.6 is 0 Å². The molecule has 0 aliphatic carbocycles. The molecule has 0 bridgehead atoms. The van der Waals surface area contributed by atoms with Gasteiger partial charge in [-0.3, -0.25) is 4.79 Å². The average molecular weight is 214 g/mol. The second kappa shape index (κ2) is 4.79. The number of rotatable bonds is 5. The standard InChI is InChI=1S/C14H14O2/c1-2-3-4-8-13(15)12-10-16-14-9-6-5-7-11(12)14/h2,5-7,9-10H,1,3-4,8H2. The predicted octanol–water partition coefficient (Wildman–Crippen LogP) is 3.97. The number of unbranched alkanes of at least 4 members (excludes halogenated alkanes) is 1. The summed E-state index contributed by atoms with van der Waals surface area (Å²) in [6, 6.07) is 7.60. The molecule has 2 rings (SSSR count). The lowest BCUT2D eigenvalue weighted by Gasteiger charge is -1.96. The summed E-state index contributed by atoms with van der Waals surface area (Å²) in [5.74, 6) is 0.145. The Kier molecular flexibility index (Phi) is 3.20. The molecule has 0 saturated carbocycles. The van der Waals surface area contributed by atoms with E-state index in [0.717, 1.165) is 23.8 Å². The van der Waals surface area contributed by atoms with Gasteiger partial charge >= 0.3 is 0 Å². The van der Waals surface area contributed by atoms with Gasteiger partial charge in [0.05, 0.1) is 5.56 Å². The van der Waals surface area contributed by atoms with E-state index < -0.39 is 0 Å². The van der Waals surface area contributed by atoms with Gasteiger partial charge in [-0.2, -0.15) is 0 Å². The van der Waals surface area contributed by atoms with Crippen LogP contribution in [0.1, 0.15) is 29.6 Å². The minimum absolute atomic E-state index is 0.145. The van der Waals surface area contributed by atoms with E-state index in [0.29, 0.717) is 12.0 Å². The minimum Gasteiger partial charge on any atom is -0.464 e. The maximum Gasteiger partial charge on any atom is 0.166 e. The van der Waals surface area contributed by atoms with Crippen LogP contribution in [0, 0.1) is 0 Å². The lowest BCUT2D eigenvalue weighted by atomic mass is 10.0. The zero-order valence-corrected chi connectivity index (χ0v) is 9.11. The summed E-state index contributed by atoms with van der Waals surface area (Å²) in [6.07, 6.45) is 5.67. The maximum atomic E-state index is 11.9. The first-order chi connectivity index (χ1) is 7.83. The molecule has 1 heterocycles. The molecule has 1 aromatic heterocycles. The highest BCUT2D eigenvalue weighted by Gasteiger charge is 2.12. The van der Waals surface area contributed by atoms with Gasteiger partial charge in [0.1, 0.15) is 11.8 Å². The molecule has 0 fully saturated rings. The van der Waals surface area contributed by atoms with Crippen LogP contribution in [0.15, 0.2) is 47.6 Å². The summed E-state index contributed by atoms with van der Waals surface area (Å²) in [5.41, 5.74) is 1.47. The molecule has 1 aromatic carbocycles. The summed E-state index contributed by atoms with van der Waals surface area (Å²) in [5, 5.41) is 0.908. The quantitative estimate of drug-likeness (QED) is 0.428. The topological polar surface area (TPSA) is 30.2 Å². The molecule has 0 spiro atoms. The van der Waals surface area contributed by atoms with Crippen LogP contribution in [0.3, 0.4) is 0 Å². The van der Waals surface area contributed by atoms with E-state index in [9.17, 15) is 4.79 Å². The van der Waals surface area contributed by atoms with Crippen LogP contribution in [0.5, 0.6) is 0 Å². The summed E-state index contributed by atoms with van der Waals surface area (Å²) >= 11 is 0. The Morgan fingerprint density at radius 1 is 1.38 bits per heavy atom. The number of carbonyl (C=O) groups excluding carboxylic acids is 1. The van der Waals surface area contributed by atoms with E-state index in [4.69, 9.17) is 4.42 Å². The Morgan fingerprint density at radius 3 is 3.00 bits per heavy atom. The third kappa shape index (κ3) is 2.06. The fourth-order valence-corrected chi connectivity index (χ4v) is 1.74. The van der Waals surface area contributed by atoms with Gasteiger partial charge in [0.25, 0.3) is 0 Å². The number of benzene rings is 1. The van der Waals surface area contributed by atoms with E-state index >= 15 is 0 Å². The molecule has 2 aromatic rings. The summed E-state index contributed by atoms with van der Waals surface area (Å²) in [7, 11) is 0. The van der Waals surface area contributed by atoms with Crippen LogP contribution < -0.4 is 0 Å². The van der Waals surface area contributed by atoms with E-state index in [1.54, 1.807) is 6.26 Å². The molecule has 0 unspecified atom stereocenters. The molecule has 82 valence electrons. The summed E-state index contributed by atoms with van der Waals surface area (Å²) < 4.78 is 5.34. The average Bonchev–Trinajstić information content (AvgIpc) is 2.73. The van der Waals surface area contributed by atoms with Crippen molar-refractivity contribution in [2.45, 2.75) is 19.3 Å². The number of hydrogen-bond donors (Lipinski definition) is 0. The largest absolute Gasteiger partial charge is 0.464 e. The third-order valence-corrected chi connectivity index (χ3v) is 2.59. The predicted molar refractivity (Wildman–Crippen MR) is 64.6 cm³/mol. The van der Waals surface area contributed by atoms with Crippen molar-refractivity contribution < 1.29 is 9.21 Å². The van der Waals surface area contributed by atoms with Gasteiger partial charge in [-0.1, -0.05) is 24.3 Å². The van der Waals surface area contributed by atoms with Crippen molar-refractivity contribution in [3.8, 4) is 0 Å². The number of Topliss-reactive ketones (excluding diaryl/α,β-unsaturated/α-hetero) is 1. The number of allylic oxidation sites excluding steroid dienone is 1. The van der Waals surface area contributed by atoms with Gasteiger partial charge in [-0.15, -0.1) is 6.58 Å². The molecule has 0 saturated heterocycles. The minimum atomic E-state index is 0.145. The van der Waals surface area contributed by atoms with Gasteiger partial charge in [0, 0.05) is 11.8 Å². The molecule has 0 atom stereocenters. The second-order valence-corrected chi connectivity index (χ2v) is 3.75. The van der Waals surface area contributed by atoms with Crippen molar-refractivity contribution >= 4 is 16.8 Å². The molecule has 16 heavy (non-hydrogen) atoms. The van der Waals surface area contributed by atoms with E-state index in [1.807, 2.05) is 30.3 Å². The fraction of sp³-hybridized carbons (Fsp3) is 0.214. The first-order valence-electron chi connectivity index (χ1n) is 5.43. The molecule has 0 aliphatic heterocycles. The van der Waals surface area contributed by atoms with E-state index in [1.165, 1.54) is 0 Å². The van der Waals surface area contributed by atoms with Crippen molar-refractivity contribution in [1.29, 1.82) is 0 Å². The molecular weight excluding hydrogens is 200 g/mol. The van der Waals surface area contributed by atoms with Gasteiger partial charge in [0.2, 0.25) is 0 Å². The normalized spacial score (nSPS) is 10.5. The number of fused-ring (bicyclic) bond motifs is 1. The van der Waals surface area contributed by atoms with Crippen LogP contribution in [0.25, 0.3) is 11.0 Å². The molecule has 2 nitrogen and oxygen atoms in total. The zero-order chi connectivity index (χ0) is 11.4. The number of ketones is 1. The zero-order valence-electron chi connectivity index (χ0n) is 9.11. The Bertz CT molecular complexity index is 508. The van der Waals surface area contributed by atoms with Crippen LogP contribution in [0.2, 0.25) is 0 Å². The lowest BCUT2D eigenvalue weighted by Crippen LogP contribution is -1.97. The second-order valence-electron chi connectivity index (χ2n) is 3.75. The SMILES string of the molecule is C=CCCCC(=O)c1coc2ccccc12. The van der Waals surface area contributed by atoms with Gasteiger partial charge in [-0.25, -0.2) is 0 Å². The van der Waals surface area contributed by atoms with Crippen LogP contribution in [0.4, 0.5) is 0 Å². The Labute approximate surface area is 94.6 Å². The highest BCUT2D eigenvalue weighted by Crippen LogP contribution is 2.22. The third-order valence-electron chi connectivity index (χ3n) is 2.59. The molecule has 2 heteroatoms. The van der Waals surface area contributed by atoms with Crippen molar-refractivity contribution in [2.75, 3.05) is 0 Å². The van der Waals surface area contributed by atoms with Crippen molar-refractivity contribution in [2.24, 2.45) is 0 Å². The Balaban J connectivity index is 2.19. The number of para-hydroxylation sites is 1. The Hall–Kier alpha value is -1.83. The van der Waals surface area contributed by atoms with Crippen LogP contribution in [-0.2, 0) is 0 Å². The number of hydrogen-bond acceptors (Lipinski definition) is 2. The molecule has 0 radical (unpaired) electrons. The molecular formula is C14H14O2. The summed E-state index contributed by atoms with van der Waals surface area (Å²) in [4.78, 5) is 11.9. The van der Waals surface area contributed by atoms with Gasteiger partial charge in [0.15, 0.2) is 5.78 Å². The fourth-order valence-electron chi connectivity index (χ4n) is 1.74. The highest BCUT2D eigenvalue weighted by atomic mass is 16.3. The smallest absolute Gasteiger partial charge is 0.166 e. The van der Waals surface area contributed by atoms with Crippen molar-refractivity contribution in [1.82, 2.24) is 0 Å². The lowest BCUT2D eigenvalue weighted by molar-refractivity contribution is 0.0981. The van der Waals surface area contributed by atoms with E-state index in [2.05, 4.69) is 6.58 Å². The van der Waals surface area contributed by atoms with Gasteiger partial charge < -0.3 is 4.42 Å². The molecule has 0 amide bonds. The van der Waals surface area contributed by atoms with E-state index in [-0.39, 0.29) is 5.78 Å². The molecule has 0 N–H and O–H groups in total.